The Hall–Kier alpha value is -2.15. The SMILES string of the molecule is C=CCCC(=O)OCC(C)(C)NC(=O)[C@H](CC=C)CC(=O)NC1(CO)CCCC1. The number of aliphatic hydroxyl groups excluding tert-OH is 1. The van der Waals surface area contributed by atoms with E-state index >= 15 is 0 Å². The predicted octanol–water partition coefficient (Wildman–Crippen LogP) is 2.39. The summed E-state index contributed by atoms with van der Waals surface area (Å²) in [5.41, 5.74) is -1.33. The number of hydrogen-bond acceptors (Lipinski definition) is 5. The minimum atomic E-state index is -0.769. The maximum Gasteiger partial charge on any atom is 0.306 e. The van der Waals surface area contributed by atoms with Crippen LogP contribution in [-0.2, 0) is 19.1 Å². The molecule has 0 aromatic carbocycles. The van der Waals surface area contributed by atoms with Gasteiger partial charge in [0.05, 0.1) is 23.6 Å². The zero-order valence-corrected chi connectivity index (χ0v) is 17.8. The van der Waals surface area contributed by atoms with Crippen molar-refractivity contribution < 1.29 is 24.2 Å². The maximum atomic E-state index is 12.7. The molecule has 29 heavy (non-hydrogen) atoms. The van der Waals surface area contributed by atoms with Crippen molar-refractivity contribution in [2.75, 3.05) is 13.2 Å². The molecule has 2 amide bonds. The van der Waals surface area contributed by atoms with Crippen LogP contribution in [0.5, 0.6) is 0 Å². The van der Waals surface area contributed by atoms with Crippen LogP contribution in [-0.4, -0.2) is 47.2 Å². The Labute approximate surface area is 174 Å². The second-order valence-corrected chi connectivity index (χ2v) is 8.48. The molecule has 164 valence electrons. The molecule has 0 saturated heterocycles. The minimum Gasteiger partial charge on any atom is -0.463 e. The molecule has 1 rings (SSSR count). The van der Waals surface area contributed by atoms with E-state index < -0.39 is 17.0 Å². The largest absolute Gasteiger partial charge is 0.463 e. The molecule has 1 fully saturated rings. The lowest BCUT2D eigenvalue weighted by Gasteiger charge is -2.30. The van der Waals surface area contributed by atoms with Gasteiger partial charge in [-0.3, -0.25) is 14.4 Å². The first-order valence-corrected chi connectivity index (χ1v) is 10.3. The standard InChI is InChI=1S/C22H36N2O5/c1-5-7-11-19(27)29-16-21(3,4)24-20(28)17(10-6-2)14-18(26)23-22(15-25)12-8-9-13-22/h5-6,17,25H,1-2,7-16H2,3-4H3,(H,23,26)(H,24,28)/t17-/m1/s1. The molecule has 0 aliphatic heterocycles. The van der Waals surface area contributed by atoms with Crippen LogP contribution >= 0.6 is 0 Å². The van der Waals surface area contributed by atoms with Gasteiger partial charge < -0.3 is 20.5 Å². The number of aliphatic hydroxyl groups is 1. The molecule has 0 unspecified atom stereocenters. The fraction of sp³-hybridized carbons (Fsp3) is 0.682. The van der Waals surface area contributed by atoms with E-state index in [1.807, 2.05) is 0 Å². The predicted molar refractivity (Wildman–Crippen MR) is 112 cm³/mol. The van der Waals surface area contributed by atoms with Crippen LogP contribution in [0, 0.1) is 5.92 Å². The monoisotopic (exact) mass is 408 g/mol. The highest BCUT2D eigenvalue weighted by Crippen LogP contribution is 2.29. The Morgan fingerprint density at radius 3 is 2.41 bits per heavy atom. The average Bonchev–Trinajstić information content (AvgIpc) is 3.13. The number of hydrogen-bond donors (Lipinski definition) is 3. The number of allylic oxidation sites excluding steroid dienone is 2. The Kier molecular flexibility index (Phi) is 10.1. The average molecular weight is 409 g/mol. The van der Waals surface area contributed by atoms with Crippen molar-refractivity contribution in [2.45, 2.75) is 76.3 Å². The van der Waals surface area contributed by atoms with Crippen molar-refractivity contribution in [3.8, 4) is 0 Å². The van der Waals surface area contributed by atoms with Gasteiger partial charge in [0.1, 0.15) is 6.61 Å². The van der Waals surface area contributed by atoms with Gasteiger partial charge in [-0.25, -0.2) is 0 Å². The lowest BCUT2D eigenvalue weighted by molar-refractivity contribution is -0.146. The zero-order chi connectivity index (χ0) is 21.9. The lowest BCUT2D eigenvalue weighted by Crippen LogP contribution is -2.52. The van der Waals surface area contributed by atoms with Crippen LogP contribution in [0.4, 0.5) is 0 Å². The summed E-state index contributed by atoms with van der Waals surface area (Å²) >= 11 is 0. The molecular formula is C22H36N2O5. The molecule has 0 radical (unpaired) electrons. The topological polar surface area (TPSA) is 105 Å². The van der Waals surface area contributed by atoms with Gasteiger partial charge in [0.25, 0.3) is 0 Å². The molecule has 1 atom stereocenters. The highest BCUT2D eigenvalue weighted by atomic mass is 16.5. The van der Waals surface area contributed by atoms with Gasteiger partial charge in [-0.15, -0.1) is 13.2 Å². The molecule has 7 heteroatoms. The summed E-state index contributed by atoms with van der Waals surface area (Å²) in [6.45, 7) is 10.7. The number of ether oxygens (including phenoxy) is 1. The van der Waals surface area contributed by atoms with E-state index in [9.17, 15) is 19.5 Å². The number of amides is 2. The van der Waals surface area contributed by atoms with Gasteiger partial charge in [0.15, 0.2) is 0 Å². The number of esters is 1. The van der Waals surface area contributed by atoms with Crippen LogP contribution in [0.25, 0.3) is 0 Å². The smallest absolute Gasteiger partial charge is 0.306 e. The summed E-state index contributed by atoms with van der Waals surface area (Å²) in [4.78, 5) is 36.9. The Bertz CT molecular complexity index is 594. The van der Waals surface area contributed by atoms with Gasteiger partial charge in [0.2, 0.25) is 11.8 Å². The van der Waals surface area contributed by atoms with Crippen molar-refractivity contribution >= 4 is 17.8 Å². The van der Waals surface area contributed by atoms with Gasteiger partial charge in [-0.05, 0) is 39.5 Å². The molecule has 0 aromatic heterocycles. The molecule has 3 N–H and O–H groups in total. The number of rotatable bonds is 13. The van der Waals surface area contributed by atoms with Crippen LogP contribution in [0.2, 0.25) is 0 Å². The van der Waals surface area contributed by atoms with E-state index in [2.05, 4.69) is 23.8 Å². The third kappa shape index (κ3) is 8.81. The van der Waals surface area contributed by atoms with Gasteiger partial charge in [-0.2, -0.15) is 0 Å². The molecule has 0 spiro atoms. The third-order valence-corrected chi connectivity index (χ3v) is 5.13. The first-order valence-electron chi connectivity index (χ1n) is 10.3. The second kappa shape index (κ2) is 11.8. The maximum absolute atomic E-state index is 12.7. The fourth-order valence-electron chi connectivity index (χ4n) is 3.45. The lowest BCUT2D eigenvalue weighted by atomic mass is 9.95. The van der Waals surface area contributed by atoms with Crippen LogP contribution in [0.15, 0.2) is 25.3 Å². The summed E-state index contributed by atoms with van der Waals surface area (Å²) in [5, 5.41) is 15.5. The van der Waals surface area contributed by atoms with Gasteiger partial charge >= 0.3 is 5.97 Å². The summed E-state index contributed by atoms with van der Waals surface area (Å²) in [5.74, 6) is -1.48. The Morgan fingerprint density at radius 1 is 1.21 bits per heavy atom. The van der Waals surface area contributed by atoms with Crippen molar-refractivity contribution in [3.63, 3.8) is 0 Å². The highest BCUT2D eigenvalue weighted by Gasteiger charge is 2.36. The normalized spacial score (nSPS) is 16.5. The van der Waals surface area contributed by atoms with Gasteiger partial charge in [0, 0.05) is 12.8 Å². The van der Waals surface area contributed by atoms with Crippen LogP contribution in [0.3, 0.4) is 0 Å². The summed E-state index contributed by atoms with van der Waals surface area (Å²) < 4.78 is 5.22. The Balaban J connectivity index is 2.61. The van der Waals surface area contributed by atoms with E-state index in [4.69, 9.17) is 4.74 Å². The molecule has 0 aromatic rings. The molecule has 1 saturated carbocycles. The second-order valence-electron chi connectivity index (χ2n) is 8.48. The summed E-state index contributed by atoms with van der Waals surface area (Å²) in [6, 6.07) is 0. The quantitative estimate of drug-likeness (QED) is 0.321. The van der Waals surface area contributed by atoms with Crippen molar-refractivity contribution in [2.24, 2.45) is 5.92 Å². The molecule has 0 heterocycles. The zero-order valence-electron chi connectivity index (χ0n) is 17.8. The van der Waals surface area contributed by atoms with E-state index in [1.54, 1.807) is 26.0 Å². The van der Waals surface area contributed by atoms with E-state index in [0.717, 1.165) is 25.7 Å². The summed E-state index contributed by atoms with van der Waals surface area (Å²) in [7, 11) is 0. The number of carbonyl (C=O) groups excluding carboxylic acids is 3. The van der Waals surface area contributed by atoms with Gasteiger partial charge in [-0.1, -0.05) is 25.0 Å². The van der Waals surface area contributed by atoms with E-state index in [1.165, 1.54) is 0 Å². The van der Waals surface area contributed by atoms with Crippen LogP contribution < -0.4 is 10.6 Å². The fourth-order valence-corrected chi connectivity index (χ4v) is 3.45. The first-order chi connectivity index (χ1) is 13.7. The highest BCUT2D eigenvalue weighted by molar-refractivity contribution is 5.86. The van der Waals surface area contributed by atoms with Crippen molar-refractivity contribution in [1.29, 1.82) is 0 Å². The molecule has 7 nitrogen and oxygen atoms in total. The first kappa shape index (κ1) is 24.9. The number of nitrogens with one attached hydrogen (secondary N) is 2. The molecular weight excluding hydrogens is 372 g/mol. The van der Waals surface area contributed by atoms with E-state index in [-0.39, 0.29) is 43.8 Å². The van der Waals surface area contributed by atoms with E-state index in [0.29, 0.717) is 12.8 Å². The number of carbonyl (C=O) groups is 3. The molecule has 0 bridgehead atoms. The molecule has 1 aliphatic carbocycles. The van der Waals surface area contributed by atoms with Crippen molar-refractivity contribution in [3.05, 3.63) is 25.3 Å². The third-order valence-electron chi connectivity index (χ3n) is 5.13. The minimum absolute atomic E-state index is 0.00874. The van der Waals surface area contributed by atoms with Crippen molar-refractivity contribution in [1.82, 2.24) is 10.6 Å². The van der Waals surface area contributed by atoms with Crippen LogP contribution in [0.1, 0.15) is 65.2 Å². The Morgan fingerprint density at radius 2 is 1.86 bits per heavy atom. The molecule has 1 aliphatic rings. The summed E-state index contributed by atoms with van der Waals surface area (Å²) in [6.07, 6.45) is 7.83.